The van der Waals surface area contributed by atoms with Crippen molar-refractivity contribution >= 4 is 29.3 Å². The average Bonchev–Trinajstić information content (AvgIpc) is 2.15. The van der Waals surface area contributed by atoms with Gasteiger partial charge >= 0.3 is 5.97 Å². The quantitative estimate of drug-likeness (QED) is 0.661. The van der Waals surface area contributed by atoms with Crippen molar-refractivity contribution in [2.24, 2.45) is 0 Å². The fourth-order valence-corrected chi connectivity index (χ4v) is 1.85. The molecule has 1 atom stereocenters. The zero-order valence-corrected chi connectivity index (χ0v) is 8.99. The standard InChI is InChI=1S/C9H7ClF2O2S/c10-6(9(13)14)4-15-8-2-1-5(11)3-7(8)12/h1-3,6H,4H2,(H,13,14). The van der Waals surface area contributed by atoms with Crippen molar-refractivity contribution in [3.8, 4) is 0 Å². The lowest BCUT2D eigenvalue weighted by Gasteiger charge is -2.04. The third kappa shape index (κ3) is 3.68. The van der Waals surface area contributed by atoms with E-state index < -0.39 is 23.0 Å². The van der Waals surface area contributed by atoms with Gasteiger partial charge in [-0.25, -0.2) is 8.78 Å². The summed E-state index contributed by atoms with van der Waals surface area (Å²) in [6.07, 6.45) is 0. The Kier molecular flexibility index (Phi) is 4.35. The Morgan fingerprint density at radius 2 is 2.20 bits per heavy atom. The zero-order chi connectivity index (χ0) is 11.4. The minimum absolute atomic E-state index is 0.0272. The molecular formula is C9H7ClF2O2S. The van der Waals surface area contributed by atoms with Gasteiger partial charge in [-0.05, 0) is 12.1 Å². The highest BCUT2D eigenvalue weighted by molar-refractivity contribution is 7.99. The van der Waals surface area contributed by atoms with E-state index in [9.17, 15) is 13.6 Å². The molecule has 1 rings (SSSR count). The monoisotopic (exact) mass is 252 g/mol. The summed E-state index contributed by atoms with van der Waals surface area (Å²) < 4.78 is 25.6. The summed E-state index contributed by atoms with van der Waals surface area (Å²) in [6, 6.07) is 3.10. The maximum Gasteiger partial charge on any atom is 0.322 e. The van der Waals surface area contributed by atoms with Gasteiger partial charge in [0, 0.05) is 16.7 Å². The van der Waals surface area contributed by atoms with Crippen LogP contribution in [0.25, 0.3) is 0 Å². The molecule has 0 bridgehead atoms. The van der Waals surface area contributed by atoms with Gasteiger partial charge in [0.05, 0.1) is 0 Å². The normalized spacial score (nSPS) is 12.5. The molecule has 82 valence electrons. The minimum Gasteiger partial charge on any atom is -0.480 e. The topological polar surface area (TPSA) is 37.3 Å². The number of benzene rings is 1. The lowest BCUT2D eigenvalue weighted by Crippen LogP contribution is -2.15. The summed E-state index contributed by atoms with van der Waals surface area (Å²) in [6.45, 7) is 0. The highest BCUT2D eigenvalue weighted by Gasteiger charge is 2.15. The number of carbonyl (C=O) groups is 1. The molecule has 1 aromatic rings. The van der Waals surface area contributed by atoms with Gasteiger partial charge in [0.15, 0.2) is 0 Å². The molecule has 0 aliphatic rings. The van der Waals surface area contributed by atoms with Crippen molar-refractivity contribution in [3.05, 3.63) is 29.8 Å². The Balaban J connectivity index is 2.62. The largest absolute Gasteiger partial charge is 0.480 e. The van der Waals surface area contributed by atoms with E-state index >= 15 is 0 Å². The lowest BCUT2D eigenvalue weighted by atomic mass is 10.3. The number of alkyl halides is 1. The maximum atomic E-state index is 13.1. The second kappa shape index (κ2) is 5.32. The highest BCUT2D eigenvalue weighted by atomic mass is 35.5. The van der Waals surface area contributed by atoms with Crippen LogP contribution < -0.4 is 0 Å². The molecule has 0 fully saturated rings. The fourth-order valence-electron chi connectivity index (χ4n) is 0.826. The van der Waals surface area contributed by atoms with Crippen molar-refractivity contribution < 1.29 is 18.7 Å². The highest BCUT2D eigenvalue weighted by Crippen LogP contribution is 2.24. The average molecular weight is 253 g/mol. The van der Waals surface area contributed by atoms with Crippen molar-refractivity contribution in [2.75, 3.05) is 5.75 Å². The molecule has 0 aliphatic carbocycles. The molecule has 0 spiro atoms. The third-order valence-corrected chi connectivity index (χ3v) is 3.21. The van der Waals surface area contributed by atoms with Crippen LogP contribution in [0.4, 0.5) is 8.78 Å². The van der Waals surface area contributed by atoms with Crippen molar-refractivity contribution in [1.82, 2.24) is 0 Å². The van der Waals surface area contributed by atoms with Crippen LogP contribution in [0.15, 0.2) is 23.1 Å². The Morgan fingerprint density at radius 1 is 1.53 bits per heavy atom. The van der Waals surface area contributed by atoms with Crippen LogP contribution >= 0.6 is 23.4 Å². The minimum atomic E-state index is -1.16. The molecule has 0 amide bonds. The summed E-state index contributed by atoms with van der Waals surface area (Å²) in [7, 11) is 0. The van der Waals surface area contributed by atoms with Crippen LogP contribution in [-0.2, 0) is 4.79 Å². The number of thioether (sulfide) groups is 1. The first kappa shape index (κ1) is 12.3. The van der Waals surface area contributed by atoms with Gasteiger partial charge in [-0.1, -0.05) is 0 Å². The van der Waals surface area contributed by atoms with Crippen molar-refractivity contribution in [3.63, 3.8) is 0 Å². The van der Waals surface area contributed by atoms with Crippen LogP contribution in [0.3, 0.4) is 0 Å². The van der Waals surface area contributed by atoms with Gasteiger partial charge in [0.1, 0.15) is 17.0 Å². The summed E-state index contributed by atoms with van der Waals surface area (Å²) >= 11 is 6.37. The zero-order valence-electron chi connectivity index (χ0n) is 7.41. The molecule has 1 unspecified atom stereocenters. The summed E-state index contributed by atoms with van der Waals surface area (Å²) in [5, 5.41) is 7.39. The second-order valence-electron chi connectivity index (χ2n) is 2.69. The van der Waals surface area contributed by atoms with Gasteiger partial charge in [0.2, 0.25) is 0 Å². The predicted octanol–water partition coefficient (Wildman–Crippen LogP) is 2.75. The number of carboxylic acid groups (broad SMARTS) is 1. The van der Waals surface area contributed by atoms with E-state index in [0.29, 0.717) is 0 Å². The number of carboxylic acids is 1. The van der Waals surface area contributed by atoms with Gasteiger partial charge in [-0.15, -0.1) is 23.4 Å². The van der Waals surface area contributed by atoms with Gasteiger partial charge < -0.3 is 5.11 Å². The van der Waals surface area contributed by atoms with E-state index in [1.165, 1.54) is 6.07 Å². The van der Waals surface area contributed by atoms with Crippen LogP contribution in [0.5, 0.6) is 0 Å². The molecule has 15 heavy (non-hydrogen) atoms. The van der Waals surface area contributed by atoms with E-state index in [0.717, 1.165) is 23.9 Å². The van der Waals surface area contributed by atoms with E-state index in [1.54, 1.807) is 0 Å². The Hall–Kier alpha value is -0.810. The molecule has 0 heterocycles. The molecule has 0 aromatic heterocycles. The van der Waals surface area contributed by atoms with Crippen LogP contribution in [0, 0.1) is 11.6 Å². The summed E-state index contributed by atoms with van der Waals surface area (Å²) in [5.74, 6) is -2.52. The maximum absolute atomic E-state index is 13.1. The van der Waals surface area contributed by atoms with E-state index in [4.69, 9.17) is 16.7 Å². The van der Waals surface area contributed by atoms with Gasteiger partial charge in [-0.2, -0.15) is 0 Å². The van der Waals surface area contributed by atoms with Crippen LogP contribution in [-0.4, -0.2) is 22.2 Å². The number of hydrogen-bond acceptors (Lipinski definition) is 2. The second-order valence-corrected chi connectivity index (χ2v) is 4.28. The van der Waals surface area contributed by atoms with Crippen LogP contribution in [0.2, 0.25) is 0 Å². The molecule has 0 aliphatic heterocycles. The fraction of sp³-hybridized carbons (Fsp3) is 0.222. The number of rotatable bonds is 4. The number of aliphatic carboxylic acids is 1. The van der Waals surface area contributed by atoms with Crippen molar-refractivity contribution in [1.29, 1.82) is 0 Å². The molecule has 2 nitrogen and oxygen atoms in total. The summed E-state index contributed by atoms with van der Waals surface area (Å²) in [5.41, 5.74) is 0. The number of hydrogen-bond donors (Lipinski definition) is 1. The Bertz CT molecular complexity index is 373. The lowest BCUT2D eigenvalue weighted by molar-refractivity contribution is -0.136. The molecule has 0 saturated heterocycles. The first-order valence-electron chi connectivity index (χ1n) is 3.95. The smallest absolute Gasteiger partial charge is 0.322 e. The first-order valence-corrected chi connectivity index (χ1v) is 5.37. The van der Waals surface area contributed by atoms with Gasteiger partial charge in [0.25, 0.3) is 0 Å². The molecule has 0 radical (unpaired) electrons. The van der Waals surface area contributed by atoms with E-state index in [1.807, 2.05) is 0 Å². The molecular weight excluding hydrogens is 246 g/mol. The van der Waals surface area contributed by atoms with Crippen LogP contribution in [0.1, 0.15) is 0 Å². The molecule has 6 heteroatoms. The first-order chi connectivity index (χ1) is 7.00. The van der Waals surface area contributed by atoms with Crippen molar-refractivity contribution in [2.45, 2.75) is 10.3 Å². The predicted molar refractivity (Wildman–Crippen MR) is 54.4 cm³/mol. The summed E-state index contributed by atoms with van der Waals surface area (Å²) in [4.78, 5) is 10.5. The van der Waals surface area contributed by atoms with E-state index in [-0.39, 0.29) is 10.6 Å². The molecule has 0 saturated carbocycles. The number of halogens is 3. The SMILES string of the molecule is O=C(O)C(Cl)CSc1ccc(F)cc1F. The molecule has 1 N–H and O–H groups in total. The van der Waals surface area contributed by atoms with E-state index in [2.05, 4.69) is 0 Å². The molecule has 1 aromatic carbocycles. The van der Waals surface area contributed by atoms with Gasteiger partial charge in [-0.3, -0.25) is 4.79 Å². The third-order valence-electron chi connectivity index (χ3n) is 1.55. The Labute approximate surface area is 94.2 Å². The Morgan fingerprint density at radius 3 is 2.73 bits per heavy atom.